The van der Waals surface area contributed by atoms with Gasteiger partial charge in [-0.05, 0) is 61.2 Å². The van der Waals surface area contributed by atoms with Crippen molar-refractivity contribution in [1.82, 2.24) is 9.80 Å². The van der Waals surface area contributed by atoms with Crippen molar-refractivity contribution < 1.29 is 23.1 Å². The highest BCUT2D eigenvalue weighted by Crippen LogP contribution is 2.17. The van der Waals surface area contributed by atoms with Crippen LogP contribution in [0, 0.1) is 5.82 Å². The van der Waals surface area contributed by atoms with Gasteiger partial charge in [-0.25, -0.2) is 9.18 Å². The molecule has 36 heavy (non-hydrogen) atoms. The van der Waals surface area contributed by atoms with Gasteiger partial charge < -0.3 is 24.3 Å². The number of benzene rings is 2. The fourth-order valence-electron chi connectivity index (χ4n) is 3.80. The molecule has 0 saturated heterocycles. The zero-order valence-corrected chi connectivity index (χ0v) is 20.9. The number of amides is 3. The van der Waals surface area contributed by atoms with Crippen LogP contribution in [0.4, 0.5) is 14.9 Å². The second kappa shape index (κ2) is 14.0. The number of furan rings is 1. The quantitative estimate of drug-likeness (QED) is 0.319. The van der Waals surface area contributed by atoms with Crippen LogP contribution >= 0.6 is 0 Å². The lowest BCUT2D eigenvalue weighted by molar-refractivity contribution is -0.133. The molecule has 0 atom stereocenters. The van der Waals surface area contributed by atoms with Crippen LogP contribution in [-0.2, 0) is 29.0 Å². The van der Waals surface area contributed by atoms with E-state index in [1.54, 1.807) is 35.4 Å². The number of halogens is 1. The number of hydrogen-bond acceptors (Lipinski definition) is 4. The van der Waals surface area contributed by atoms with Crippen LogP contribution in [0.15, 0.2) is 71.3 Å². The van der Waals surface area contributed by atoms with E-state index in [0.717, 1.165) is 23.2 Å². The van der Waals surface area contributed by atoms with E-state index in [9.17, 15) is 14.0 Å². The summed E-state index contributed by atoms with van der Waals surface area (Å²) >= 11 is 0. The average Bonchev–Trinajstić information content (AvgIpc) is 3.40. The molecule has 0 unspecified atom stereocenters. The third-order valence-electron chi connectivity index (χ3n) is 5.74. The number of para-hydroxylation sites is 1. The van der Waals surface area contributed by atoms with Gasteiger partial charge in [-0.15, -0.1) is 0 Å². The van der Waals surface area contributed by atoms with E-state index in [-0.39, 0.29) is 37.4 Å². The van der Waals surface area contributed by atoms with Gasteiger partial charge in [0.1, 0.15) is 18.1 Å². The van der Waals surface area contributed by atoms with Crippen molar-refractivity contribution in [2.24, 2.45) is 0 Å². The van der Waals surface area contributed by atoms with Crippen molar-refractivity contribution >= 4 is 17.6 Å². The van der Waals surface area contributed by atoms with Gasteiger partial charge in [0.25, 0.3) is 0 Å². The maximum atomic E-state index is 13.5. The molecule has 0 radical (unpaired) electrons. The number of urea groups is 1. The maximum absolute atomic E-state index is 13.5. The molecule has 0 spiro atoms. The predicted octanol–water partition coefficient (Wildman–Crippen LogP) is 5.47. The zero-order chi connectivity index (χ0) is 25.8. The summed E-state index contributed by atoms with van der Waals surface area (Å²) in [6.07, 6.45) is 2.92. The monoisotopic (exact) mass is 495 g/mol. The fourth-order valence-corrected chi connectivity index (χ4v) is 3.80. The minimum Gasteiger partial charge on any atom is -0.467 e. The third kappa shape index (κ3) is 8.23. The summed E-state index contributed by atoms with van der Waals surface area (Å²) in [7, 11) is 0. The van der Waals surface area contributed by atoms with Crippen LogP contribution in [0.2, 0.25) is 0 Å². The molecular formula is C28H34FN3O4. The summed E-state index contributed by atoms with van der Waals surface area (Å²) in [6.45, 7) is 5.75. The minimum absolute atomic E-state index is 0.117. The lowest BCUT2D eigenvalue weighted by atomic mass is 10.1. The second-order valence-electron chi connectivity index (χ2n) is 8.37. The Morgan fingerprint density at radius 3 is 2.44 bits per heavy atom. The maximum Gasteiger partial charge on any atom is 0.322 e. The summed E-state index contributed by atoms with van der Waals surface area (Å²) < 4.78 is 24.3. The number of nitrogens with one attached hydrogen (secondary N) is 1. The Bertz CT molecular complexity index is 1090. The first-order valence-corrected chi connectivity index (χ1v) is 12.3. The molecule has 2 aromatic carbocycles. The van der Waals surface area contributed by atoms with Crippen molar-refractivity contribution in [1.29, 1.82) is 0 Å². The van der Waals surface area contributed by atoms with Crippen LogP contribution in [0.5, 0.6) is 0 Å². The van der Waals surface area contributed by atoms with E-state index in [0.29, 0.717) is 31.9 Å². The first-order chi connectivity index (χ1) is 17.5. The lowest BCUT2D eigenvalue weighted by Gasteiger charge is -2.28. The van der Waals surface area contributed by atoms with Crippen LogP contribution in [0.25, 0.3) is 0 Å². The molecule has 3 aromatic rings. The summed E-state index contributed by atoms with van der Waals surface area (Å²) in [4.78, 5) is 29.8. The van der Waals surface area contributed by atoms with Gasteiger partial charge in [0.2, 0.25) is 5.91 Å². The smallest absolute Gasteiger partial charge is 0.322 e. The molecule has 0 saturated carbocycles. The van der Waals surface area contributed by atoms with Gasteiger partial charge in [-0.1, -0.05) is 37.3 Å². The fraction of sp³-hybridized carbons (Fsp3) is 0.357. The van der Waals surface area contributed by atoms with E-state index in [1.807, 2.05) is 38.1 Å². The summed E-state index contributed by atoms with van der Waals surface area (Å²) in [5.41, 5.74) is 2.52. The molecule has 0 aliphatic rings. The van der Waals surface area contributed by atoms with E-state index < -0.39 is 0 Å². The molecule has 3 amide bonds. The SMILES string of the molecule is CCOCCCN(CC(=O)N(Cc1ccc(F)cc1)Cc1ccco1)C(=O)Nc1ccccc1CC. The molecule has 1 N–H and O–H groups in total. The Kier molecular flexibility index (Phi) is 10.5. The molecule has 0 aliphatic heterocycles. The number of hydrogen-bond donors (Lipinski definition) is 1. The van der Waals surface area contributed by atoms with Crippen molar-refractivity contribution in [2.75, 3.05) is 31.6 Å². The summed E-state index contributed by atoms with van der Waals surface area (Å²) in [5.74, 6) is 0.0351. The molecule has 0 bridgehead atoms. The van der Waals surface area contributed by atoms with Gasteiger partial charge in [0.15, 0.2) is 0 Å². The van der Waals surface area contributed by atoms with Crippen molar-refractivity contribution in [3.8, 4) is 0 Å². The van der Waals surface area contributed by atoms with Crippen LogP contribution in [-0.4, -0.2) is 48.0 Å². The molecule has 0 aliphatic carbocycles. The molecule has 3 rings (SSSR count). The van der Waals surface area contributed by atoms with Crippen molar-refractivity contribution in [2.45, 2.75) is 39.8 Å². The Morgan fingerprint density at radius 1 is 0.972 bits per heavy atom. The van der Waals surface area contributed by atoms with Crippen LogP contribution < -0.4 is 5.32 Å². The molecule has 1 heterocycles. The van der Waals surface area contributed by atoms with E-state index in [2.05, 4.69) is 5.32 Å². The molecule has 7 nitrogen and oxygen atoms in total. The predicted molar refractivity (Wildman–Crippen MR) is 137 cm³/mol. The van der Waals surface area contributed by atoms with Crippen molar-refractivity contribution in [3.05, 3.63) is 89.6 Å². The molecule has 1 aromatic heterocycles. The first kappa shape index (κ1) is 26.9. The first-order valence-electron chi connectivity index (χ1n) is 12.3. The normalized spacial score (nSPS) is 10.8. The van der Waals surface area contributed by atoms with E-state index >= 15 is 0 Å². The molecule has 0 fully saturated rings. The van der Waals surface area contributed by atoms with Gasteiger partial charge in [-0.2, -0.15) is 0 Å². The number of ether oxygens (including phenoxy) is 1. The number of nitrogens with zero attached hydrogens (tertiary/aromatic N) is 2. The van der Waals surface area contributed by atoms with Gasteiger partial charge >= 0.3 is 6.03 Å². The van der Waals surface area contributed by atoms with E-state index in [4.69, 9.17) is 9.15 Å². The topological polar surface area (TPSA) is 75.0 Å². The van der Waals surface area contributed by atoms with E-state index in [1.165, 1.54) is 17.0 Å². The Labute approximate surface area is 211 Å². The van der Waals surface area contributed by atoms with Crippen LogP contribution in [0.1, 0.15) is 37.2 Å². The number of carbonyl (C=O) groups is 2. The highest BCUT2D eigenvalue weighted by Gasteiger charge is 2.23. The summed E-state index contributed by atoms with van der Waals surface area (Å²) in [5, 5.41) is 2.96. The lowest BCUT2D eigenvalue weighted by Crippen LogP contribution is -2.44. The number of anilines is 1. The Balaban J connectivity index is 1.76. The highest BCUT2D eigenvalue weighted by molar-refractivity contribution is 5.93. The molecule has 192 valence electrons. The Morgan fingerprint density at radius 2 is 1.75 bits per heavy atom. The van der Waals surface area contributed by atoms with Crippen LogP contribution in [0.3, 0.4) is 0 Å². The zero-order valence-electron chi connectivity index (χ0n) is 20.9. The highest BCUT2D eigenvalue weighted by atomic mass is 19.1. The molecule has 8 heteroatoms. The number of aryl methyl sites for hydroxylation is 1. The third-order valence-corrected chi connectivity index (χ3v) is 5.74. The second-order valence-corrected chi connectivity index (χ2v) is 8.37. The van der Waals surface area contributed by atoms with Gasteiger partial charge in [0, 0.05) is 32.0 Å². The Hall–Kier alpha value is -3.65. The molecular weight excluding hydrogens is 461 g/mol. The number of rotatable bonds is 13. The van der Waals surface area contributed by atoms with Crippen molar-refractivity contribution in [3.63, 3.8) is 0 Å². The van der Waals surface area contributed by atoms with Gasteiger partial charge in [-0.3, -0.25) is 4.79 Å². The van der Waals surface area contributed by atoms with Gasteiger partial charge in [0.05, 0.1) is 12.8 Å². The largest absolute Gasteiger partial charge is 0.467 e. The average molecular weight is 496 g/mol. The summed E-state index contributed by atoms with van der Waals surface area (Å²) in [6, 6.07) is 16.8. The minimum atomic E-state index is -0.347. The number of carbonyl (C=O) groups excluding carboxylic acids is 2. The standard InChI is InChI=1S/C28H34FN3O4/c1-3-23-9-5-6-11-26(23)30-28(34)31(16-8-17-35-4-2)21-27(33)32(20-25-10-7-18-36-25)19-22-12-14-24(29)15-13-22/h5-7,9-15,18H,3-4,8,16-17,19-21H2,1-2H3,(H,30,34).